The monoisotopic (exact) mass is 680 g/mol. The summed E-state index contributed by atoms with van der Waals surface area (Å²) in [6.07, 6.45) is -2.16. The lowest BCUT2D eigenvalue weighted by Gasteiger charge is -2.43. The molecule has 0 fully saturated rings. The number of primary amides is 1. The van der Waals surface area contributed by atoms with E-state index in [9.17, 15) is 45.4 Å². The van der Waals surface area contributed by atoms with Gasteiger partial charge in [-0.1, -0.05) is 63.6 Å². The van der Waals surface area contributed by atoms with Crippen molar-refractivity contribution in [1.82, 2.24) is 4.31 Å². The van der Waals surface area contributed by atoms with Crippen LogP contribution in [0.1, 0.15) is 88.2 Å². The van der Waals surface area contributed by atoms with Gasteiger partial charge in [-0.05, 0) is 60.6 Å². The number of sulfonamides is 1. The van der Waals surface area contributed by atoms with Gasteiger partial charge in [0, 0.05) is 29.0 Å². The number of fused-ring (bicyclic) bond motifs is 1. The maximum Gasteiger partial charge on any atom is 0.453 e. The van der Waals surface area contributed by atoms with E-state index < -0.39 is 46.7 Å². The number of benzene rings is 2. The Hall–Kier alpha value is -2.74. The van der Waals surface area contributed by atoms with Crippen LogP contribution >= 0.6 is 11.8 Å². The van der Waals surface area contributed by atoms with E-state index in [0.29, 0.717) is 10.7 Å². The molecule has 1 aliphatic heterocycles. The molecule has 1 aliphatic rings. The summed E-state index contributed by atoms with van der Waals surface area (Å²) >= 11 is 1.71. The number of phenolic OH excluding ortho intramolecular Hbond substituents is 2. The minimum Gasteiger partial charge on any atom is -0.508 e. The van der Waals surface area contributed by atoms with Crippen molar-refractivity contribution in [3.63, 3.8) is 0 Å². The smallest absolute Gasteiger partial charge is 0.453 e. The highest BCUT2D eigenvalue weighted by Gasteiger charge is 2.56. The summed E-state index contributed by atoms with van der Waals surface area (Å²) in [5.41, 5.74) is 7.33. The van der Waals surface area contributed by atoms with Crippen molar-refractivity contribution in [3.8, 4) is 11.5 Å². The molecule has 2 amide bonds. The van der Waals surface area contributed by atoms with Crippen LogP contribution in [0, 0.1) is 0 Å². The molecule has 0 aliphatic carbocycles. The molecule has 14 heteroatoms. The van der Waals surface area contributed by atoms with E-state index in [-0.39, 0.29) is 35.8 Å². The normalized spacial score (nSPS) is 18.8. The molecule has 0 bridgehead atoms. The highest BCUT2D eigenvalue weighted by Crippen LogP contribution is 2.52. The van der Waals surface area contributed by atoms with Crippen molar-refractivity contribution in [2.45, 2.75) is 99.5 Å². The van der Waals surface area contributed by atoms with Gasteiger partial charge >= 0.3 is 18.1 Å². The summed E-state index contributed by atoms with van der Waals surface area (Å²) in [4.78, 5) is 12.8. The number of alkyl halides is 5. The summed E-state index contributed by atoms with van der Waals surface area (Å²) in [5.74, 6) is -4.58. The van der Waals surface area contributed by atoms with Crippen molar-refractivity contribution in [3.05, 3.63) is 53.6 Å². The van der Waals surface area contributed by atoms with Crippen LogP contribution < -0.4 is 5.73 Å². The van der Waals surface area contributed by atoms with Crippen LogP contribution in [0.3, 0.4) is 0 Å². The Kier molecular flexibility index (Phi) is 12.4. The predicted molar refractivity (Wildman–Crippen MR) is 164 cm³/mol. The van der Waals surface area contributed by atoms with E-state index in [1.54, 1.807) is 36.0 Å². The predicted octanol–water partition coefficient (Wildman–Crippen LogP) is 8.05. The number of hydrogen-bond donors (Lipinski definition) is 3. The van der Waals surface area contributed by atoms with Crippen LogP contribution in [0.5, 0.6) is 11.5 Å². The van der Waals surface area contributed by atoms with Gasteiger partial charge in [0.05, 0.1) is 5.75 Å². The lowest BCUT2D eigenvalue weighted by Crippen LogP contribution is -2.43. The van der Waals surface area contributed by atoms with E-state index in [0.717, 1.165) is 54.7 Å². The zero-order valence-corrected chi connectivity index (χ0v) is 26.8. The number of urea groups is 1. The average molecular weight is 681 g/mol. The Morgan fingerprint density at radius 3 is 2.11 bits per heavy atom. The van der Waals surface area contributed by atoms with Crippen LogP contribution in [-0.2, 0) is 15.4 Å². The van der Waals surface area contributed by atoms with Gasteiger partial charge in [-0.2, -0.15) is 22.0 Å². The van der Waals surface area contributed by atoms with Crippen LogP contribution in [0.2, 0.25) is 0 Å². The first-order valence-electron chi connectivity index (χ1n) is 15.0. The third-order valence-corrected chi connectivity index (χ3v) is 11.7. The van der Waals surface area contributed by atoms with Crippen LogP contribution in [0.15, 0.2) is 47.4 Å². The van der Waals surface area contributed by atoms with Gasteiger partial charge in [-0.25, -0.2) is 17.5 Å². The molecule has 0 radical (unpaired) electrons. The topological polar surface area (TPSA) is 121 Å². The molecule has 2 aromatic carbocycles. The molecule has 0 aromatic heterocycles. The van der Waals surface area contributed by atoms with E-state index in [4.69, 9.17) is 5.73 Å². The first kappa shape index (κ1) is 36.7. The summed E-state index contributed by atoms with van der Waals surface area (Å²) in [5, 5.41) is 19.8. The summed E-state index contributed by atoms with van der Waals surface area (Å²) in [7, 11) is -4.43. The highest BCUT2D eigenvalue weighted by molar-refractivity contribution is 7.99. The number of thioether (sulfide) groups is 1. The number of aromatic hydroxyl groups is 2. The lowest BCUT2D eigenvalue weighted by molar-refractivity contribution is -0.284. The van der Waals surface area contributed by atoms with Crippen molar-refractivity contribution >= 4 is 27.8 Å². The number of carbonyl (C=O) groups is 1. The fraction of sp³-hybridized carbons (Fsp3) is 0.581. The van der Waals surface area contributed by atoms with Crippen molar-refractivity contribution in [1.29, 1.82) is 0 Å². The molecular weight excluding hydrogens is 639 g/mol. The van der Waals surface area contributed by atoms with Crippen molar-refractivity contribution in [2.75, 3.05) is 18.1 Å². The van der Waals surface area contributed by atoms with E-state index >= 15 is 0 Å². The van der Waals surface area contributed by atoms with Crippen LogP contribution in [0.25, 0.3) is 0 Å². The SMILES string of the molecule is CC1(c2ccc(O)cc2)CSc2cc(O)ccc2C1CCCCCCCCCN(C(N)=O)S(=O)(=O)CCCC(F)(F)C(F)(F)F. The largest absolute Gasteiger partial charge is 0.508 e. The van der Waals surface area contributed by atoms with E-state index in [1.807, 2.05) is 18.2 Å². The molecule has 0 spiro atoms. The second-order valence-electron chi connectivity index (χ2n) is 11.8. The van der Waals surface area contributed by atoms with Crippen LogP contribution in [0.4, 0.5) is 26.7 Å². The average Bonchev–Trinajstić information content (AvgIpc) is 2.94. The van der Waals surface area contributed by atoms with Gasteiger partial charge < -0.3 is 15.9 Å². The molecule has 2 aromatic rings. The van der Waals surface area contributed by atoms with Gasteiger partial charge in [0.15, 0.2) is 0 Å². The highest BCUT2D eigenvalue weighted by atomic mass is 32.2. The third kappa shape index (κ3) is 9.63. The Labute approximate surface area is 265 Å². The van der Waals surface area contributed by atoms with Gasteiger partial charge in [0.25, 0.3) is 0 Å². The van der Waals surface area contributed by atoms with Gasteiger partial charge in [0.2, 0.25) is 10.0 Å². The third-order valence-electron chi connectivity index (χ3n) is 8.44. The molecule has 3 rings (SSSR count). The number of phenols is 2. The van der Waals surface area contributed by atoms with E-state index in [2.05, 4.69) is 6.92 Å². The molecule has 7 nitrogen and oxygen atoms in total. The van der Waals surface area contributed by atoms with Crippen molar-refractivity contribution in [2.24, 2.45) is 5.73 Å². The first-order chi connectivity index (χ1) is 21.0. The molecule has 1 heterocycles. The lowest BCUT2D eigenvalue weighted by atomic mass is 9.68. The summed E-state index contributed by atoms with van der Waals surface area (Å²) in [6, 6.07) is 11.5. The zero-order valence-electron chi connectivity index (χ0n) is 25.2. The molecular formula is C31H41F5N2O5S2. The van der Waals surface area contributed by atoms with Gasteiger partial charge in [0.1, 0.15) is 11.5 Å². The second kappa shape index (κ2) is 15.2. The molecule has 2 unspecified atom stereocenters. The van der Waals surface area contributed by atoms with Gasteiger partial charge in [-0.15, -0.1) is 11.8 Å². The number of carbonyl (C=O) groups excluding carboxylic acids is 1. The number of amides is 2. The number of nitrogens with two attached hydrogens (primary N) is 1. The minimum atomic E-state index is -5.78. The first-order valence-corrected chi connectivity index (χ1v) is 17.6. The quantitative estimate of drug-likeness (QED) is 0.122. The van der Waals surface area contributed by atoms with Crippen molar-refractivity contribution < 1.29 is 45.4 Å². The molecule has 0 saturated carbocycles. The Balaban J connectivity index is 1.44. The fourth-order valence-electron chi connectivity index (χ4n) is 5.81. The summed E-state index contributed by atoms with van der Waals surface area (Å²) in [6.45, 7) is 1.97. The molecule has 0 saturated heterocycles. The zero-order chi connectivity index (χ0) is 33.5. The minimum absolute atomic E-state index is 0.172. The molecule has 252 valence electrons. The standard InChI is InChI=1S/C31H41F5N2O5S2/c1-29(22-11-13-23(39)14-12-22)21-44-27-20-24(40)15-16-25(27)26(29)10-7-5-3-2-4-6-8-18-38(28(37)41)45(42,43)19-9-17-30(32,33)31(34,35)36/h11-16,20,26,39-40H,2-10,17-19,21H2,1H3,(H2,37,41). The number of unbranched alkanes of at least 4 members (excludes halogenated alkanes) is 6. The van der Waals surface area contributed by atoms with Gasteiger partial charge in [-0.3, -0.25) is 0 Å². The Bertz CT molecular complexity index is 1390. The molecule has 2 atom stereocenters. The Morgan fingerprint density at radius 2 is 1.51 bits per heavy atom. The Morgan fingerprint density at radius 1 is 0.933 bits per heavy atom. The molecule has 45 heavy (non-hydrogen) atoms. The maximum atomic E-state index is 13.1. The fourth-order valence-corrected chi connectivity index (χ4v) is 8.63. The second-order valence-corrected chi connectivity index (χ2v) is 14.9. The number of halogens is 5. The number of rotatable bonds is 16. The van der Waals surface area contributed by atoms with E-state index in [1.165, 1.54) is 5.56 Å². The van der Waals surface area contributed by atoms with Crippen LogP contribution in [-0.4, -0.2) is 59.1 Å². The molecule has 4 N–H and O–H groups in total. The number of nitrogens with zero attached hydrogens (tertiary/aromatic N) is 1. The summed E-state index contributed by atoms with van der Waals surface area (Å²) < 4.78 is 88.4. The maximum absolute atomic E-state index is 13.1. The number of hydrogen-bond acceptors (Lipinski definition) is 6.